The number of anilines is 1. The Balaban J connectivity index is 1.71. The lowest BCUT2D eigenvalue weighted by Gasteiger charge is -2.28. The first kappa shape index (κ1) is 15.7. The van der Waals surface area contributed by atoms with Crippen molar-refractivity contribution in [3.63, 3.8) is 0 Å². The van der Waals surface area contributed by atoms with E-state index < -0.39 is 5.41 Å². The van der Waals surface area contributed by atoms with Crippen molar-refractivity contribution in [2.24, 2.45) is 0 Å². The summed E-state index contributed by atoms with van der Waals surface area (Å²) in [7, 11) is 1.65. The minimum atomic E-state index is -0.503. The third-order valence-corrected chi connectivity index (χ3v) is 5.18. The minimum absolute atomic E-state index is 0.0412. The van der Waals surface area contributed by atoms with E-state index in [2.05, 4.69) is 10.3 Å². The van der Waals surface area contributed by atoms with E-state index >= 15 is 0 Å². The van der Waals surface area contributed by atoms with Gasteiger partial charge in [-0.2, -0.15) is 0 Å². The number of carbonyl (C=O) groups excluding carboxylic acids is 1. The molecule has 1 amide bonds. The highest BCUT2D eigenvalue weighted by Gasteiger charge is 2.43. The lowest BCUT2D eigenvalue weighted by molar-refractivity contribution is -0.121. The number of benzene rings is 1. The predicted octanol–water partition coefficient (Wildman–Crippen LogP) is 3.79. The number of hydrogen-bond donors (Lipinski definition) is 1. The molecular formula is C20H21N3O2. The molecule has 1 saturated carbocycles. The maximum absolute atomic E-state index is 13.3. The summed E-state index contributed by atoms with van der Waals surface area (Å²) in [5.74, 6) is 1.57. The zero-order chi connectivity index (χ0) is 17.3. The van der Waals surface area contributed by atoms with Crippen molar-refractivity contribution in [2.75, 3.05) is 12.4 Å². The molecule has 2 heterocycles. The summed E-state index contributed by atoms with van der Waals surface area (Å²) < 4.78 is 7.26. The van der Waals surface area contributed by atoms with Crippen LogP contribution in [-0.2, 0) is 10.2 Å². The molecular weight excluding hydrogens is 314 g/mol. The summed E-state index contributed by atoms with van der Waals surface area (Å²) >= 11 is 0. The van der Waals surface area contributed by atoms with Gasteiger partial charge in [0.25, 0.3) is 0 Å². The Labute approximate surface area is 146 Å². The lowest BCUT2D eigenvalue weighted by atomic mass is 9.78. The van der Waals surface area contributed by atoms with Crippen LogP contribution in [0.5, 0.6) is 5.75 Å². The number of aromatic nitrogens is 2. The van der Waals surface area contributed by atoms with Crippen LogP contribution in [0.15, 0.2) is 54.9 Å². The Bertz CT molecular complexity index is 910. The van der Waals surface area contributed by atoms with E-state index in [1.165, 1.54) is 0 Å². The Morgan fingerprint density at radius 1 is 1.20 bits per heavy atom. The molecule has 1 aliphatic rings. The van der Waals surface area contributed by atoms with Crippen LogP contribution in [-0.4, -0.2) is 22.4 Å². The molecule has 5 nitrogen and oxygen atoms in total. The number of carbonyl (C=O) groups is 1. The van der Waals surface area contributed by atoms with Crippen LogP contribution in [0.25, 0.3) is 5.65 Å². The molecule has 4 rings (SSSR count). The van der Waals surface area contributed by atoms with Crippen LogP contribution in [0.2, 0.25) is 0 Å². The highest BCUT2D eigenvalue weighted by molar-refractivity contribution is 5.99. The van der Waals surface area contributed by atoms with E-state index in [0.717, 1.165) is 48.5 Å². The van der Waals surface area contributed by atoms with E-state index in [-0.39, 0.29) is 5.91 Å². The van der Waals surface area contributed by atoms with Crippen LogP contribution in [0, 0.1) is 0 Å². The molecule has 1 fully saturated rings. The molecule has 3 aromatic rings. The van der Waals surface area contributed by atoms with E-state index in [9.17, 15) is 4.79 Å². The smallest absolute Gasteiger partial charge is 0.236 e. The lowest BCUT2D eigenvalue weighted by Crippen LogP contribution is -2.38. The second kappa shape index (κ2) is 6.24. The summed E-state index contributed by atoms with van der Waals surface area (Å²) in [5.41, 5.74) is 1.34. The van der Waals surface area contributed by atoms with Gasteiger partial charge in [-0.3, -0.25) is 9.20 Å². The summed E-state index contributed by atoms with van der Waals surface area (Å²) in [6.07, 6.45) is 7.41. The molecule has 128 valence electrons. The third-order valence-electron chi connectivity index (χ3n) is 5.18. The standard InChI is InChI=1S/C20H21N3O2/c1-25-16-7-4-6-15(14-16)20(10-2-3-11-20)19(24)22-18-9-5-8-17-21-12-13-23(17)18/h4-9,12-14H,2-3,10-11H2,1H3,(H,22,24). The normalized spacial score (nSPS) is 16.0. The van der Waals surface area contributed by atoms with Gasteiger partial charge in [0.1, 0.15) is 17.2 Å². The van der Waals surface area contributed by atoms with Gasteiger partial charge in [-0.05, 0) is 42.7 Å². The molecule has 0 aliphatic heterocycles. The maximum Gasteiger partial charge on any atom is 0.236 e. The number of nitrogens with zero attached hydrogens (tertiary/aromatic N) is 2. The minimum Gasteiger partial charge on any atom is -0.497 e. The average Bonchev–Trinajstić information content (AvgIpc) is 3.32. The maximum atomic E-state index is 13.3. The number of ether oxygens (including phenoxy) is 1. The fourth-order valence-corrected chi connectivity index (χ4v) is 3.83. The fourth-order valence-electron chi connectivity index (χ4n) is 3.83. The van der Waals surface area contributed by atoms with E-state index in [0.29, 0.717) is 0 Å². The molecule has 0 saturated heterocycles. The van der Waals surface area contributed by atoms with Crippen molar-refractivity contribution in [2.45, 2.75) is 31.1 Å². The summed E-state index contributed by atoms with van der Waals surface area (Å²) in [4.78, 5) is 17.6. The Hall–Kier alpha value is -2.82. The molecule has 25 heavy (non-hydrogen) atoms. The monoisotopic (exact) mass is 335 g/mol. The van der Waals surface area contributed by atoms with Crippen molar-refractivity contribution in [3.8, 4) is 5.75 Å². The topological polar surface area (TPSA) is 55.6 Å². The van der Waals surface area contributed by atoms with Crippen LogP contribution < -0.4 is 10.1 Å². The molecule has 1 N–H and O–H groups in total. The Morgan fingerprint density at radius 3 is 2.80 bits per heavy atom. The van der Waals surface area contributed by atoms with E-state index in [4.69, 9.17) is 4.74 Å². The Morgan fingerprint density at radius 2 is 2.00 bits per heavy atom. The number of imidazole rings is 1. The van der Waals surface area contributed by atoms with Crippen molar-refractivity contribution >= 4 is 17.4 Å². The SMILES string of the molecule is COc1cccc(C2(C(=O)Nc3cccc4nccn34)CCCC2)c1. The number of fused-ring (bicyclic) bond motifs is 1. The molecule has 1 aromatic carbocycles. The molecule has 0 radical (unpaired) electrons. The van der Waals surface area contributed by atoms with Crippen molar-refractivity contribution in [3.05, 3.63) is 60.4 Å². The predicted molar refractivity (Wildman–Crippen MR) is 97.0 cm³/mol. The average molecular weight is 335 g/mol. The van der Waals surface area contributed by atoms with Crippen LogP contribution >= 0.6 is 0 Å². The second-order valence-corrected chi connectivity index (χ2v) is 6.54. The van der Waals surface area contributed by atoms with Gasteiger partial charge in [-0.15, -0.1) is 0 Å². The van der Waals surface area contributed by atoms with Crippen LogP contribution in [0.3, 0.4) is 0 Å². The first-order chi connectivity index (χ1) is 12.2. The van der Waals surface area contributed by atoms with Gasteiger partial charge in [0.05, 0.1) is 12.5 Å². The van der Waals surface area contributed by atoms with Crippen molar-refractivity contribution in [1.82, 2.24) is 9.38 Å². The van der Waals surface area contributed by atoms with Crippen LogP contribution in [0.4, 0.5) is 5.82 Å². The van der Waals surface area contributed by atoms with Gasteiger partial charge in [-0.1, -0.05) is 31.0 Å². The second-order valence-electron chi connectivity index (χ2n) is 6.54. The molecule has 5 heteroatoms. The van der Waals surface area contributed by atoms with Crippen LogP contribution in [0.1, 0.15) is 31.2 Å². The highest BCUT2D eigenvalue weighted by atomic mass is 16.5. The zero-order valence-electron chi connectivity index (χ0n) is 14.2. The highest BCUT2D eigenvalue weighted by Crippen LogP contribution is 2.43. The number of amides is 1. The quantitative estimate of drug-likeness (QED) is 0.789. The molecule has 0 unspecified atom stereocenters. The third kappa shape index (κ3) is 2.65. The summed E-state index contributed by atoms with van der Waals surface area (Å²) in [6, 6.07) is 13.6. The van der Waals surface area contributed by atoms with Gasteiger partial charge in [0.2, 0.25) is 5.91 Å². The zero-order valence-corrected chi connectivity index (χ0v) is 14.2. The summed E-state index contributed by atoms with van der Waals surface area (Å²) in [6.45, 7) is 0. The molecule has 0 atom stereocenters. The Kier molecular flexibility index (Phi) is 3.92. The molecule has 1 aliphatic carbocycles. The first-order valence-electron chi connectivity index (χ1n) is 8.61. The number of nitrogens with one attached hydrogen (secondary N) is 1. The molecule has 0 bridgehead atoms. The first-order valence-corrected chi connectivity index (χ1v) is 8.61. The summed E-state index contributed by atoms with van der Waals surface area (Å²) in [5, 5.41) is 3.13. The van der Waals surface area contributed by atoms with E-state index in [1.807, 2.05) is 53.1 Å². The van der Waals surface area contributed by atoms with Gasteiger partial charge >= 0.3 is 0 Å². The molecule has 0 spiro atoms. The largest absolute Gasteiger partial charge is 0.497 e. The number of hydrogen-bond acceptors (Lipinski definition) is 3. The van der Waals surface area contributed by atoms with Crippen molar-refractivity contribution in [1.29, 1.82) is 0 Å². The number of methoxy groups -OCH3 is 1. The fraction of sp³-hybridized carbons (Fsp3) is 0.300. The van der Waals surface area contributed by atoms with Gasteiger partial charge in [0, 0.05) is 12.4 Å². The molecule has 2 aromatic heterocycles. The number of pyridine rings is 1. The van der Waals surface area contributed by atoms with Gasteiger partial charge in [-0.25, -0.2) is 4.98 Å². The number of rotatable bonds is 4. The van der Waals surface area contributed by atoms with Crippen molar-refractivity contribution < 1.29 is 9.53 Å². The van der Waals surface area contributed by atoms with E-state index in [1.54, 1.807) is 13.3 Å². The van der Waals surface area contributed by atoms with Gasteiger partial charge in [0.15, 0.2) is 0 Å². The van der Waals surface area contributed by atoms with Gasteiger partial charge < -0.3 is 10.1 Å².